The number of rotatable bonds is 5. The molecule has 1 amide bonds. The zero-order valence-corrected chi connectivity index (χ0v) is 12.8. The SMILES string of the molecule is CCOc1ccc(C(=O)NC2CCCNC2C)cc1[N+](=O)[O-]. The highest BCUT2D eigenvalue weighted by molar-refractivity contribution is 5.95. The molecule has 1 fully saturated rings. The van der Waals surface area contributed by atoms with Crippen LogP contribution in [0.3, 0.4) is 0 Å². The molecule has 2 unspecified atom stereocenters. The molecule has 7 heteroatoms. The summed E-state index contributed by atoms with van der Waals surface area (Å²) in [5, 5.41) is 17.3. The van der Waals surface area contributed by atoms with Gasteiger partial charge in [-0.1, -0.05) is 0 Å². The minimum Gasteiger partial charge on any atom is -0.487 e. The van der Waals surface area contributed by atoms with E-state index in [-0.39, 0.29) is 35.0 Å². The average Bonchev–Trinajstić information content (AvgIpc) is 2.50. The lowest BCUT2D eigenvalue weighted by Gasteiger charge is -2.30. The van der Waals surface area contributed by atoms with Gasteiger partial charge in [0.15, 0.2) is 5.75 Å². The van der Waals surface area contributed by atoms with E-state index in [4.69, 9.17) is 4.74 Å². The Bertz CT molecular complexity index is 562. The normalized spacial score (nSPS) is 21.2. The maximum Gasteiger partial charge on any atom is 0.311 e. The van der Waals surface area contributed by atoms with Gasteiger partial charge >= 0.3 is 5.69 Å². The van der Waals surface area contributed by atoms with Crippen LogP contribution in [0, 0.1) is 10.1 Å². The Hall–Kier alpha value is -2.15. The summed E-state index contributed by atoms with van der Waals surface area (Å²) in [6.07, 6.45) is 1.90. The second kappa shape index (κ2) is 7.22. The fourth-order valence-electron chi connectivity index (χ4n) is 2.57. The maximum atomic E-state index is 12.3. The Kier molecular flexibility index (Phi) is 5.32. The Balaban J connectivity index is 2.15. The minimum absolute atomic E-state index is 0.0341. The van der Waals surface area contributed by atoms with Gasteiger partial charge in [0, 0.05) is 23.7 Å². The Morgan fingerprint density at radius 1 is 1.55 bits per heavy atom. The number of nitro benzene ring substituents is 1. The zero-order valence-electron chi connectivity index (χ0n) is 12.8. The van der Waals surface area contributed by atoms with E-state index >= 15 is 0 Å². The lowest BCUT2D eigenvalue weighted by molar-refractivity contribution is -0.385. The first-order valence-electron chi connectivity index (χ1n) is 7.48. The standard InChI is InChI=1S/C15H21N3O4/c1-3-22-14-7-6-11(9-13(14)18(20)21)15(19)17-12-5-4-8-16-10(12)2/h6-7,9-10,12,16H,3-5,8H2,1-2H3,(H,17,19). The zero-order chi connectivity index (χ0) is 16.1. The second-order valence-electron chi connectivity index (χ2n) is 5.34. The van der Waals surface area contributed by atoms with Crippen molar-refractivity contribution < 1.29 is 14.5 Å². The van der Waals surface area contributed by atoms with Gasteiger partial charge < -0.3 is 15.4 Å². The van der Waals surface area contributed by atoms with Crippen LogP contribution in [-0.4, -0.2) is 36.1 Å². The number of nitro groups is 1. The summed E-state index contributed by atoms with van der Waals surface area (Å²) < 4.78 is 5.22. The smallest absolute Gasteiger partial charge is 0.311 e. The largest absolute Gasteiger partial charge is 0.487 e. The number of piperidine rings is 1. The Morgan fingerprint density at radius 3 is 2.95 bits per heavy atom. The van der Waals surface area contributed by atoms with Gasteiger partial charge in [-0.05, 0) is 45.4 Å². The van der Waals surface area contributed by atoms with Crippen molar-refractivity contribution in [1.82, 2.24) is 10.6 Å². The van der Waals surface area contributed by atoms with E-state index in [9.17, 15) is 14.9 Å². The lowest BCUT2D eigenvalue weighted by atomic mass is 9.99. The van der Waals surface area contributed by atoms with Crippen molar-refractivity contribution >= 4 is 11.6 Å². The van der Waals surface area contributed by atoms with Crippen LogP contribution in [0.1, 0.15) is 37.0 Å². The van der Waals surface area contributed by atoms with E-state index in [1.807, 2.05) is 6.92 Å². The van der Waals surface area contributed by atoms with Crippen molar-refractivity contribution in [1.29, 1.82) is 0 Å². The van der Waals surface area contributed by atoms with Gasteiger partial charge in [-0.25, -0.2) is 0 Å². The van der Waals surface area contributed by atoms with Crippen LogP contribution in [0.25, 0.3) is 0 Å². The molecule has 22 heavy (non-hydrogen) atoms. The van der Waals surface area contributed by atoms with E-state index < -0.39 is 4.92 Å². The molecule has 2 N–H and O–H groups in total. The van der Waals surface area contributed by atoms with Crippen LogP contribution in [-0.2, 0) is 0 Å². The summed E-state index contributed by atoms with van der Waals surface area (Å²) in [7, 11) is 0. The monoisotopic (exact) mass is 307 g/mol. The molecule has 1 aliphatic rings. The van der Waals surface area contributed by atoms with Crippen molar-refractivity contribution in [2.75, 3.05) is 13.2 Å². The van der Waals surface area contributed by atoms with E-state index in [1.54, 1.807) is 13.0 Å². The molecule has 1 saturated heterocycles. The fraction of sp³-hybridized carbons (Fsp3) is 0.533. The van der Waals surface area contributed by atoms with E-state index in [0.29, 0.717) is 6.61 Å². The molecule has 2 atom stereocenters. The second-order valence-corrected chi connectivity index (χ2v) is 5.34. The molecule has 0 spiro atoms. The van der Waals surface area contributed by atoms with Gasteiger partial charge in [0.05, 0.1) is 11.5 Å². The topological polar surface area (TPSA) is 93.5 Å². The molecular weight excluding hydrogens is 286 g/mol. The van der Waals surface area contributed by atoms with E-state index in [1.165, 1.54) is 12.1 Å². The first-order chi connectivity index (χ1) is 10.5. The molecule has 0 aliphatic carbocycles. The van der Waals surface area contributed by atoms with Crippen LogP contribution >= 0.6 is 0 Å². The molecule has 0 bridgehead atoms. The highest BCUT2D eigenvalue weighted by atomic mass is 16.6. The van der Waals surface area contributed by atoms with Crippen molar-refractivity contribution in [2.45, 2.75) is 38.8 Å². The van der Waals surface area contributed by atoms with Crippen LogP contribution < -0.4 is 15.4 Å². The number of hydrogen-bond acceptors (Lipinski definition) is 5. The molecule has 7 nitrogen and oxygen atoms in total. The van der Waals surface area contributed by atoms with Gasteiger partial charge in [0.2, 0.25) is 0 Å². The van der Waals surface area contributed by atoms with Gasteiger partial charge in [-0.15, -0.1) is 0 Å². The summed E-state index contributed by atoms with van der Waals surface area (Å²) in [6.45, 7) is 5.05. The molecule has 120 valence electrons. The predicted octanol–water partition coefficient (Wildman–Crippen LogP) is 1.86. The van der Waals surface area contributed by atoms with Gasteiger partial charge in [-0.3, -0.25) is 14.9 Å². The highest BCUT2D eigenvalue weighted by Crippen LogP contribution is 2.28. The quantitative estimate of drug-likeness (QED) is 0.640. The average molecular weight is 307 g/mol. The molecule has 1 aromatic carbocycles. The van der Waals surface area contributed by atoms with Gasteiger partial charge in [0.1, 0.15) is 0 Å². The third kappa shape index (κ3) is 3.73. The van der Waals surface area contributed by atoms with Gasteiger partial charge in [-0.2, -0.15) is 0 Å². The molecule has 1 aliphatic heterocycles. The van der Waals surface area contributed by atoms with Crippen molar-refractivity contribution in [3.63, 3.8) is 0 Å². The summed E-state index contributed by atoms with van der Waals surface area (Å²) >= 11 is 0. The molecule has 0 radical (unpaired) electrons. The number of nitrogens with zero attached hydrogens (tertiary/aromatic N) is 1. The molecule has 2 rings (SSSR count). The highest BCUT2D eigenvalue weighted by Gasteiger charge is 2.24. The number of carbonyl (C=O) groups excluding carboxylic acids is 1. The molecule has 0 aromatic heterocycles. The van der Waals surface area contributed by atoms with Crippen molar-refractivity contribution in [2.24, 2.45) is 0 Å². The van der Waals surface area contributed by atoms with E-state index in [2.05, 4.69) is 10.6 Å². The van der Waals surface area contributed by atoms with E-state index in [0.717, 1.165) is 19.4 Å². The Labute approximate surface area is 129 Å². The first kappa shape index (κ1) is 16.2. The summed E-state index contributed by atoms with van der Waals surface area (Å²) in [4.78, 5) is 22.9. The van der Waals surface area contributed by atoms with Gasteiger partial charge in [0.25, 0.3) is 5.91 Å². The van der Waals surface area contributed by atoms with Crippen LogP contribution in [0.4, 0.5) is 5.69 Å². The number of amides is 1. The molecule has 0 saturated carbocycles. The van der Waals surface area contributed by atoms with Crippen molar-refractivity contribution in [3.8, 4) is 5.75 Å². The lowest BCUT2D eigenvalue weighted by Crippen LogP contribution is -2.51. The number of ether oxygens (including phenoxy) is 1. The van der Waals surface area contributed by atoms with Crippen LogP contribution in [0.15, 0.2) is 18.2 Å². The predicted molar refractivity (Wildman–Crippen MR) is 82.2 cm³/mol. The third-order valence-electron chi connectivity index (χ3n) is 3.80. The summed E-state index contributed by atoms with van der Waals surface area (Å²) in [5.74, 6) is -0.122. The Morgan fingerprint density at radius 2 is 2.32 bits per heavy atom. The molecule has 1 heterocycles. The third-order valence-corrected chi connectivity index (χ3v) is 3.80. The maximum absolute atomic E-state index is 12.3. The number of hydrogen-bond donors (Lipinski definition) is 2. The molecular formula is C15H21N3O4. The van der Waals surface area contributed by atoms with Crippen molar-refractivity contribution in [3.05, 3.63) is 33.9 Å². The van der Waals surface area contributed by atoms with Crippen LogP contribution in [0.5, 0.6) is 5.75 Å². The number of carbonyl (C=O) groups is 1. The number of nitrogens with one attached hydrogen (secondary N) is 2. The first-order valence-corrected chi connectivity index (χ1v) is 7.48. The van der Waals surface area contributed by atoms with Crippen LogP contribution in [0.2, 0.25) is 0 Å². The molecule has 1 aromatic rings. The summed E-state index contributed by atoms with van der Waals surface area (Å²) in [6, 6.07) is 4.51. The fourth-order valence-corrected chi connectivity index (χ4v) is 2.57. The minimum atomic E-state index is -0.535. The summed E-state index contributed by atoms with van der Waals surface area (Å²) in [5.41, 5.74) is 0.0808. The number of benzene rings is 1.